The summed E-state index contributed by atoms with van der Waals surface area (Å²) in [5.74, 6) is -0.981. The molecule has 1 N–H and O–H groups in total. The first-order valence-corrected chi connectivity index (χ1v) is 5.65. The van der Waals surface area contributed by atoms with Gasteiger partial charge in [-0.05, 0) is 13.8 Å². The zero-order valence-corrected chi connectivity index (χ0v) is 9.00. The van der Waals surface area contributed by atoms with E-state index >= 15 is 0 Å². The van der Waals surface area contributed by atoms with Crippen LogP contribution < -0.4 is 0 Å². The molecule has 0 aromatic heterocycles. The second-order valence-electron chi connectivity index (χ2n) is 3.07. The monoisotopic (exact) mass is 222 g/mol. The molecule has 0 amide bonds. The van der Waals surface area contributed by atoms with Gasteiger partial charge in [-0.15, -0.1) is 0 Å². The Balaban J connectivity index is 3.94. The smallest absolute Gasteiger partial charge is 0.333 e. The first kappa shape index (κ1) is 13.1. The lowest BCUT2D eigenvalue weighted by atomic mass is 10.3. The highest BCUT2D eigenvalue weighted by Crippen LogP contribution is 2.03. The van der Waals surface area contributed by atoms with Crippen molar-refractivity contribution in [2.75, 3.05) is 5.75 Å². The number of rotatable bonds is 5. The second-order valence-corrected chi connectivity index (χ2v) is 4.64. The highest BCUT2D eigenvalue weighted by molar-refractivity contribution is 7.85. The minimum Gasteiger partial charge on any atom is -0.459 e. The molecule has 0 spiro atoms. The van der Waals surface area contributed by atoms with Crippen molar-refractivity contribution in [3.63, 3.8) is 0 Å². The third kappa shape index (κ3) is 6.62. The molecule has 1 unspecified atom stereocenters. The summed E-state index contributed by atoms with van der Waals surface area (Å²) in [5, 5.41) is 0. The summed E-state index contributed by atoms with van der Waals surface area (Å²) < 4.78 is 33.9. The fraction of sp³-hybridized carbons (Fsp3) is 0.625. The molecule has 82 valence electrons. The average molecular weight is 222 g/mol. The first-order valence-electron chi connectivity index (χ1n) is 4.04. The van der Waals surface area contributed by atoms with Crippen LogP contribution in [0, 0.1) is 0 Å². The van der Waals surface area contributed by atoms with Crippen LogP contribution in [0.15, 0.2) is 12.2 Å². The maximum Gasteiger partial charge on any atom is 0.333 e. The minimum absolute atomic E-state index is 0.0673. The number of carbonyl (C=O) groups excluding carboxylic acids is 1. The number of carbonyl (C=O) groups is 1. The highest BCUT2D eigenvalue weighted by Gasteiger charge is 2.13. The summed E-state index contributed by atoms with van der Waals surface area (Å²) in [6.45, 7) is 6.42. The van der Waals surface area contributed by atoms with E-state index in [1.165, 1.54) is 6.92 Å². The fourth-order valence-corrected chi connectivity index (χ4v) is 1.29. The van der Waals surface area contributed by atoms with Gasteiger partial charge in [-0.2, -0.15) is 8.42 Å². The Kier molecular flexibility index (Phi) is 4.79. The molecular weight excluding hydrogens is 208 g/mol. The third-order valence-corrected chi connectivity index (χ3v) is 2.19. The van der Waals surface area contributed by atoms with Gasteiger partial charge in [0.1, 0.15) is 6.10 Å². The summed E-state index contributed by atoms with van der Waals surface area (Å²) in [6, 6.07) is 0. The van der Waals surface area contributed by atoms with Crippen LogP contribution in [0.2, 0.25) is 0 Å². The lowest BCUT2D eigenvalue weighted by molar-refractivity contribution is -0.143. The predicted octanol–water partition coefficient (Wildman–Crippen LogP) is 0.772. The van der Waals surface area contributed by atoms with E-state index < -0.39 is 27.9 Å². The lowest BCUT2D eigenvalue weighted by Crippen LogP contribution is -2.19. The first-order chi connectivity index (χ1) is 6.22. The largest absolute Gasteiger partial charge is 0.459 e. The van der Waals surface area contributed by atoms with Crippen LogP contribution in [0.5, 0.6) is 0 Å². The summed E-state index contributed by atoms with van der Waals surface area (Å²) in [4.78, 5) is 10.9. The molecule has 0 aromatic carbocycles. The maximum atomic E-state index is 10.9. The zero-order chi connectivity index (χ0) is 11.4. The predicted molar refractivity (Wildman–Crippen MR) is 51.4 cm³/mol. The van der Waals surface area contributed by atoms with Crippen molar-refractivity contribution >= 4 is 16.1 Å². The molecule has 1 atom stereocenters. The van der Waals surface area contributed by atoms with Crippen LogP contribution >= 0.6 is 0 Å². The van der Waals surface area contributed by atoms with Crippen LogP contribution in [0.1, 0.15) is 20.3 Å². The molecule has 0 aliphatic carbocycles. The van der Waals surface area contributed by atoms with Crippen molar-refractivity contribution in [2.45, 2.75) is 26.4 Å². The Bertz CT molecular complexity index is 317. The molecular formula is C8H14O5S. The average Bonchev–Trinajstić information content (AvgIpc) is 1.99. The van der Waals surface area contributed by atoms with Crippen LogP contribution in [-0.4, -0.2) is 30.8 Å². The molecule has 0 rings (SSSR count). The molecule has 6 heteroatoms. The Morgan fingerprint density at radius 1 is 1.57 bits per heavy atom. The van der Waals surface area contributed by atoms with E-state index in [9.17, 15) is 13.2 Å². The van der Waals surface area contributed by atoms with Gasteiger partial charge >= 0.3 is 5.97 Å². The molecule has 0 aliphatic heterocycles. The van der Waals surface area contributed by atoms with Crippen LogP contribution in [0.4, 0.5) is 0 Å². The third-order valence-electron chi connectivity index (χ3n) is 1.44. The SMILES string of the molecule is C=C(C)C(=O)OC(C)CCS(=O)(=O)O. The van der Waals surface area contributed by atoms with Gasteiger partial charge in [0.05, 0.1) is 5.75 Å². The molecule has 0 aromatic rings. The van der Waals surface area contributed by atoms with Gasteiger partial charge in [0, 0.05) is 12.0 Å². The summed E-state index contributed by atoms with van der Waals surface area (Å²) >= 11 is 0. The Hall–Kier alpha value is -0.880. The van der Waals surface area contributed by atoms with Crippen molar-refractivity contribution in [3.8, 4) is 0 Å². The standard InChI is InChI=1S/C8H14O5S/c1-6(2)8(9)13-7(3)4-5-14(10,11)12/h7H,1,4-5H2,2-3H3,(H,10,11,12). The molecule has 0 radical (unpaired) electrons. The van der Waals surface area contributed by atoms with Gasteiger partial charge in [0.15, 0.2) is 0 Å². The number of esters is 1. The second kappa shape index (κ2) is 5.11. The van der Waals surface area contributed by atoms with Gasteiger partial charge in [-0.1, -0.05) is 6.58 Å². The number of hydrogen-bond acceptors (Lipinski definition) is 4. The molecule has 0 fully saturated rings. The summed E-state index contributed by atoms with van der Waals surface area (Å²) in [5.41, 5.74) is 0.253. The van der Waals surface area contributed by atoms with Crippen molar-refractivity contribution in [3.05, 3.63) is 12.2 Å². The van der Waals surface area contributed by atoms with Gasteiger partial charge in [-0.3, -0.25) is 4.55 Å². The minimum atomic E-state index is -3.99. The molecule has 0 bridgehead atoms. The number of ether oxygens (including phenoxy) is 1. The van der Waals surface area contributed by atoms with E-state index in [4.69, 9.17) is 9.29 Å². The van der Waals surface area contributed by atoms with Crippen molar-refractivity contribution in [1.82, 2.24) is 0 Å². The van der Waals surface area contributed by atoms with Crippen molar-refractivity contribution in [1.29, 1.82) is 0 Å². The molecule has 5 nitrogen and oxygen atoms in total. The normalized spacial score (nSPS) is 13.4. The quantitative estimate of drug-likeness (QED) is 0.422. The van der Waals surface area contributed by atoms with Gasteiger partial charge in [0.25, 0.3) is 10.1 Å². The molecule has 0 heterocycles. The zero-order valence-electron chi connectivity index (χ0n) is 8.19. The van der Waals surface area contributed by atoms with Crippen molar-refractivity contribution in [2.24, 2.45) is 0 Å². The maximum absolute atomic E-state index is 10.9. The summed E-state index contributed by atoms with van der Waals surface area (Å²) in [7, 11) is -3.99. The van der Waals surface area contributed by atoms with Crippen LogP contribution in [-0.2, 0) is 19.6 Å². The van der Waals surface area contributed by atoms with Gasteiger partial charge in [0.2, 0.25) is 0 Å². The van der Waals surface area contributed by atoms with E-state index in [0.717, 1.165) is 0 Å². The fourth-order valence-electron chi connectivity index (χ4n) is 0.657. The Morgan fingerprint density at radius 2 is 2.07 bits per heavy atom. The summed E-state index contributed by atoms with van der Waals surface area (Å²) in [6.07, 6.45) is -0.487. The highest BCUT2D eigenvalue weighted by atomic mass is 32.2. The molecule has 0 aliphatic rings. The molecule has 0 saturated carbocycles. The lowest BCUT2D eigenvalue weighted by Gasteiger charge is -2.11. The van der Waals surface area contributed by atoms with E-state index in [-0.39, 0.29) is 12.0 Å². The van der Waals surface area contributed by atoms with E-state index in [2.05, 4.69) is 6.58 Å². The van der Waals surface area contributed by atoms with Crippen molar-refractivity contribution < 1.29 is 22.5 Å². The van der Waals surface area contributed by atoms with Gasteiger partial charge < -0.3 is 4.74 Å². The number of hydrogen-bond donors (Lipinski definition) is 1. The topological polar surface area (TPSA) is 80.7 Å². The van der Waals surface area contributed by atoms with Crippen LogP contribution in [0.3, 0.4) is 0 Å². The Labute approximate surface area is 83.5 Å². The van der Waals surface area contributed by atoms with E-state index in [1.807, 2.05) is 0 Å². The van der Waals surface area contributed by atoms with Gasteiger partial charge in [-0.25, -0.2) is 4.79 Å². The molecule has 14 heavy (non-hydrogen) atoms. The van der Waals surface area contributed by atoms with E-state index in [0.29, 0.717) is 0 Å². The van der Waals surface area contributed by atoms with E-state index in [1.54, 1.807) is 6.92 Å². The van der Waals surface area contributed by atoms with Crippen LogP contribution in [0.25, 0.3) is 0 Å². The Morgan fingerprint density at radius 3 is 2.43 bits per heavy atom. The molecule has 0 saturated heterocycles.